The van der Waals surface area contributed by atoms with E-state index < -0.39 is 0 Å². The minimum absolute atomic E-state index is 0. The molecule has 1 saturated heterocycles. The van der Waals surface area contributed by atoms with Gasteiger partial charge in [0.05, 0.1) is 17.2 Å². The Hall–Kier alpha value is -0.710. The SMILES string of the molecule is CN=C(NCc1sc(C)nc1C)NC1CCN(Cc2ccsc2)CC1.I. The number of guanidine groups is 1. The molecule has 2 aromatic rings. The summed E-state index contributed by atoms with van der Waals surface area (Å²) in [5.41, 5.74) is 2.55. The third-order valence-corrected chi connectivity index (χ3v) is 6.36. The number of thiophene rings is 1. The number of aryl methyl sites for hydroxylation is 2. The maximum absolute atomic E-state index is 4.48. The first kappa shape index (κ1) is 21.6. The van der Waals surface area contributed by atoms with Gasteiger partial charge in [-0.3, -0.25) is 9.89 Å². The van der Waals surface area contributed by atoms with Gasteiger partial charge in [0.2, 0.25) is 0 Å². The molecule has 3 rings (SSSR count). The van der Waals surface area contributed by atoms with Crippen LogP contribution in [0.25, 0.3) is 0 Å². The van der Waals surface area contributed by atoms with Crippen LogP contribution in [-0.2, 0) is 13.1 Å². The van der Waals surface area contributed by atoms with Gasteiger partial charge in [0, 0.05) is 37.6 Å². The summed E-state index contributed by atoms with van der Waals surface area (Å²) in [6.07, 6.45) is 2.31. The van der Waals surface area contributed by atoms with Crippen LogP contribution in [0.1, 0.15) is 34.0 Å². The first-order valence-corrected chi connectivity index (χ1v) is 10.5. The predicted octanol–water partition coefficient (Wildman–Crippen LogP) is 3.77. The van der Waals surface area contributed by atoms with E-state index in [4.69, 9.17) is 0 Å². The summed E-state index contributed by atoms with van der Waals surface area (Å²) in [5.74, 6) is 0.890. The van der Waals surface area contributed by atoms with Crippen molar-refractivity contribution in [3.8, 4) is 0 Å². The summed E-state index contributed by atoms with van der Waals surface area (Å²) >= 11 is 3.53. The number of piperidine rings is 1. The van der Waals surface area contributed by atoms with E-state index in [1.807, 2.05) is 7.05 Å². The van der Waals surface area contributed by atoms with Crippen LogP contribution in [0.2, 0.25) is 0 Å². The standard InChI is InChI=1S/C18H27N5S2.HI/c1-13-17(25-14(2)21-13)10-20-18(19-3)22-16-4-7-23(8-5-16)11-15-6-9-24-12-15;/h6,9,12,16H,4-5,7-8,10-11H2,1-3H3,(H2,19,20,22);1H. The smallest absolute Gasteiger partial charge is 0.191 e. The first-order chi connectivity index (χ1) is 12.1. The Morgan fingerprint density at radius 2 is 2.12 bits per heavy atom. The third kappa shape index (κ3) is 6.17. The molecule has 26 heavy (non-hydrogen) atoms. The second-order valence-electron chi connectivity index (χ2n) is 6.49. The monoisotopic (exact) mass is 505 g/mol. The number of thiazole rings is 1. The van der Waals surface area contributed by atoms with E-state index in [-0.39, 0.29) is 24.0 Å². The average molecular weight is 505 g/mol. The number of halogens is 1. The molecular weight excluding hydrogens is 477 g/mol. The summed E-state index contributed by atoms with van der Waals surface area (Å²) in [4.78, 5) is 12.7. The topological polar surface area (TPSA) is 52.6 Å². The van der Waals surface area contributed by atoms with Crippen LogP contribution in [0.3, 0.4) is 0 Å². The van der Waals surface area contributed by atoms with Crippen LogP contribution in [0.5, 0.6) is 0 Å². The van der Waals surface area contributed by atoms with E-state index in [9.17, 15) is 0 Å². The number of nitrogens with zero attached hydrogens (tertiary/aromatic N) is 3. The normalized spacial score (nSPS) is 16.3. The molecule has 0 unspecified atom stereocenters. The van der Waals surface area contributed by atoms with Crippen molar-refractivity contribution in [2.75, 3.05) is 20.1 Å². The van der Waals surface area contributed by atoms with Gasteiger partial charge in [-0.15, -0.1) is 35.3 Å². The Morgan fingerprint density at radius 1 is 1.35 bits per heavy atom. The highest BCUT2D eigenvalue weighted by molar-refractivity contribution is 14.0. The van der Waals surface area contributed by atoms with Crippen molar-refractivity contribution in [2.45, 2.75) is 45.8 Å². The quantitative estimate of drug-likeness (QED) is 0.369. The van der Waals surface area contributed by atoms with Gasteiger partial charge < -0.3 is 10.6 Å². The molecule has 8 heteroatoms. The van der Waals surface area contributed by atoms with Crippen LogP contribution >= 0.6 is 46.7 Å². The Balaban J connectivity index is 0.00000243. The van der Waals surface area contributed by atoms with Gasteiger partial charge in [-0.25, -0.2) is 4.98 Å². The molecule has 0 radical (unpaired) electrons. The fourth-order valence-corrected chi connectivity index (χ4v) is 4.70. The van der Waals surface area contributed by atoms with Crippen molar-refractivity contribution in [3.63, 3.8) is 0 Å². The molecule has 0 aromatic carbocycles. The van der Waals surface area contributed by atoms with Gasteiger partial charge >= 0.3 is 0 Å². The fraction of sp³-hybridized carbons (Fsp3) is 0.556. The molecule has 2 aromatic heterocycles. The number of nitrogens with one attached hydrogen (secondary N) is 2. The van der Waals surface area contributed by atoms with E-state index in [0.29, 0.717) is 6.04 Å². The molecule has 5 nitrogen and oxygen atoms in total. The highest BCUT2D eigenvalue weighted by Gasteiger charge is 2.20. The number of aliphatic imine (C=N–C) groups is 1. The van der Waals surface area contributed by atoms with E-state index >= 15 is 0 Å². The van der Waals surface area contributed by atoms with Gasteiger partial charge in [-0.1, -0.05) is 0 Å². The lowest BCUT2D eigenvalue weighted by Crippen LogP contribution is -2.48. The molecule has 0 spiro atoms. The highest BCUT2D eigenvalue weighted by Crippen LogP contribution is 2.17. The Morgan fingerprint density at radius 3 is 2.69 bits per heavy atom. The number of rotatable bonds is 5. The molecule has 0 atom stereocenters. The number of hydrogen-bond acceptors (Lipinski definition) is 5. The summed E-state index contributed by atoms with van der Waals surface area (Å²) in [6.45, 7) is 8.26. The summed E-state index contributed by atoms with van der Waals surface area (Å²) < 4.78 is 0. The summed E-state index contributed by atoms with van der Waals surface area (Å²) in [7, 11) is 1.84. The van der Waals surface area contributed by atoms with Crippen LogP contribution in [0.15, 0.2) is 21.8 Å². The van der Waals surface area contributed by atoms with E-state index in [2.05, 4.69) is 56.2 Å². The van der Waals surface area contributed by atoms with Gasteiger partial charge in [-0.2, -0.15) is 11.3 Å². The third-order valence-electron chi connectivity index (χ3n) is 4.55. The highest BCUT2D eigenvalue weighted by atomic mass is 127. The van der Waals surface area contributed by atoms with Gasteiger partial charge in [0.15, 0.2) is 5.96 Å². The number of likely N-dealkylation sites (tertiary alicyclic amines) is 1. The average Bonchev–Trinajstić information content (AvgIpc) is 3.22. The zero-order valence-corrected chi connectivity index (χ0v) is 19.6. The maximum Gasteiger partial charge on any atom is 0.191 e. The van der Waals surface area contributed by atoms with Gasteiger partial charge in [0.25, 0.3) is 0 Å². The molecule has 0 aliphatic carbocycles. The molecule has 1 aliphatic heterocycles. The molecule has 0 amide bonds. The lowest BCUT2D eigenvalue weighted by Gasteiger charge is -2.32. The minimum atomic E-state index is 0. The minimum Gasteiger partial charge on any atom is -0.354 e. The molecule has 1 aliphatic rings. The lowest BCUT2D eigenvalue weighted by molar-refractivity contribution is 0.198. The van der Waals surface area contributed by atoms with Crippen LogP contribution in [-0.4, -0.2) is 42.0 Å². The van der Waals surface area contributed by atoms with Gasteiger partial charge in [-0.05, 0) is 49.1 Å². The van der Waals surface area contributed by atoms with Crippen LogP contribution in [0, 0.1) is 13.8 Å². The second kappa shape index (κ2) is 10.6. The second-order valence-corrected chi connectivity index (χ2v) is 8.56. The molecule has 0 saturated carbocycles. The zero-order chi connectivity index (χ0) is 17.6. The van der Waals surface area contributed by atoms with E-state index in [1.165, 1.54) is 10.4 Å². The van der Waals surface area contributed by atoms with Gasteiger partial charge in [0.1, 0.15) is 0 Å². The fourth-order valence-electron chi connectivity index (χ4n) is 3.17. The Bertz CT molecular complexity index is 691. The van der Waals surface area contributed by atoms with Crippen molar-refractivity contribution in [1.82, 2.24) is 20.5 Å². The van der Waals surface area contributed by atoms with Crippen LogP contribution < -0.4 is 10.6 Å². The largest absolute Gasteiger partial charge is 0.354 e. The number of hydrogen-bond donors (Lipinski definition) is 2. The van der Waals surface area contributed by atoms with E-state index in [0.717, 1.165) is 55.7 Å². The Kier molecular flexibility index (Phi) is 8.78. The zero-order valence-electron chi connectivity index (χ0n) is 15.6. The van der Waals surface area contributed by atoms with Crippen molar-refractivity contribution < 1.29 is 0 Å². The summed E-state index contributed by atoms with van der Waals surface area (Å²) in [6, 6.07) is 2.72. The van der Waals surface area contributed by atoms with Crippen molar-refractivity contribution in [2.24, 2.45) is 4.99 Å². The summed E-state index contributed by atoms with van der Waals surface area (Å²) in [5, 5.41) is 12.5. The predicted molar refractivity (Wildman–Crippen MR) is 123 cm³/mol. The van der Waals surface area contributed by atoms with Crippen molar-refractivity contribution in [1.29, 1.82) is 0 Å². The Labute approximate surface area is 181 Å². The van der Waals surface area contributed by atoms with Crippen molar-refractivity contribution >= 4 is 52.6 Å². The molecule has 1 fully saturated rings. The maximum atomic E-state index is 4.48. The molecule has 2 N–H and O–H groups in total. The molecule has 3 heterocycles. The molecule has 0 bridgehead atoms. The number of aromatic nitrogens is 1. The molecule has 144 valence electrons. The van der Waals surface area contributed by atoms with Crippen LogP contribution in [0.4, 0.5) is 0 Å². The van der Waals surface area contributed by atoms with Crippen molar-refractivity contribution in [3.05, 3.63) is 38.0 Å². The lowest BCUT2D eigenvalue weighted by atomic mass is 10.0. The van der Waals surface area contributed by atoms with E-state index in [1.54, 1.807) is 22.7 Å². The first-order valence-electron chi connectivity index (χ1n) is 8.77. The molecular formula is C18H28IN5S2.